The lowest BCUT2D eigenvalue weighted by Crippen LogP contribution is -2.33. The van der Waals surface area contributed by atoms with Gasteiger partial charge in [-0.1, -0.05) is 12.1 Å². The van der Waals surface area contributed by atoms with Crippen LogP contribution < -0.4 is 0 Å². The summed E-state index contributed by atoms with van der Waals surface area (Å²) in [6, 6.07) is 3.95. The molecule has 0 atom stereocenters. The van der Waals surface area contributed by atoms with Crippen LogP contribution in [0.5, 0.6) is 0 Å². The van der Waals surface area contributed by atoms with E-state index in [1.807, 2.05) is 0 Å². The Morgan fingerprint density at radius 2 is 2.05 bits per heavy atom. The molecule has 0 saturated carbocycles. The van der Waals surface area contributed by atoms with E-state index in [1.54, 1.807) is 0 Å². The summed E-state index contributed by atoms with van der Waals surface area (Å²) in [6.07, 6.45) is 0. The van der Waals surface area contributed by atoms with Crippen LogP contribution in [0.1, 0.15) is 5.56 Å². The van der Waals surface area contributed by atoms with Gasteiger partial charge in [-0.15, -0.1) is 0 Å². The fourth-order valence-corrected chi connectivity index (χ4v) is 3.07. The van der Waals surface area contributed by atoms with Crippen LogP contribution in [0, 0.1) is 17.0 Å². The van der Waals surface area contributed by atoms with Crippen molar-refractivity contribution in [1.82, 2.24) is 4.31 Å². The van der Waals surface area contributed by atoms with E-state index in [9.17, 15) is 23.3 Å². The standard InChI is InChI=1S/C11H14N2O6S/c1-8-5-4-6-9(13(15)16)11(8)20(17,18)12(2)7-10(14)19-3/h4-6H,7H2,1-3H3. The van der Waals surface area contributed by atoms with Gasteiger partial charge in [-0.2, -0.15) is 4.31 Å². The number of nitro benzene ring substituents is 1. The maximum absolute atomic E-state index is 12.3. The van der Waals surface area contributed by atoms with E-state index in [2.05, 4.69) is 4.74 Å². The Morgan fingerprint density at radius 1 is 1.45 bits per heavy atom. The van der Waals surface area contributed by atoms with E-state index >= 15 is 0 Å². The van der Waals surface area contributed by atoms with Gasteiger partial charge < -0.3 is 4.74 Å². The fraction of sp³-hybridized carbons (Fsp3) is 0.364. The zero-order valence-corrected chi connectivity index (χ0v) is 12.0. The van der Waals surface area contributed by atoms with Crippen molar-refractivity contribution in [3.05, 3.63) is 33.9 Å². The largest absolute Gasteiger partial charge is 0.468 e. The van der Waals surface area contributed by atoms with Gasteiger partial charge in [-0.25, -0.2) is 8.42 Å². The number of nitro groups is 1. The van der Waals surface area contributed by atoms with Crippen LogP contribution in [0.2, 0.25) is 0 Å². The second kappa shape index (κ2) is 5.97. The molecule has 9 heteroatoms. The molecule has 0 aliphatic heterocycles. The third-order valence-corrected chi connectivity index (χ3v) is 4.63. The van der Waals surface area contributed by atoms with Gasteiger partial charge in [-0.3, -0.25) is 14.9 Å². The Balaban J connectivity index is 3.36. The molecule has 20 heavy (non-hydrogen) atoms. The second-order valence-corrected chi connectivity index (χ2v) is 6.00. The minimum Gasteiger partial charge on any atom is -0.468 e. The van der Waals surface area contributed by atoms with E-state index in [0.29, 0.717) is 4.31 Å². The van der Waals surface area contributed by atoms with E-state index in [0.717, 1.165) is 20.2 Å². The number of nitrogens with zero attached hydrogens (tertiary/aromatic N) is 2. The number of methoxy groups -OCH3 is 1. The third-order valence-electron chi connectivity index (χ3n) is 2.64. The lowest BCUT2D eigenvalue weighted by atomic mass is 10.2. The fourth-order valence-electron chi connectivity index (χ4n) is 1.60. The monoisotopic (exact) mass is 302 g/mol. The first-order valence-electron chi connectivity index (χ1n) is 5.49. The number of carbonyl (C=O) groups excluding carboxylic acids is 1. The topological polar surface area (TPSA) is 107 Å². The Kier molecular flexibility index (Phi) is 4.79. The van der Waals surface area contributed by atoms with Gasteiger partial charge in [0.25, 0.3) is 5.69 Å². The molecule has 1 rings (SSSR count). The summed E-state index contributed by atoms with van der Waals surface area (Å²) in [5.41, 5.74) is -0.294. The van der Waals surface area contributed by atoms with Crippen LogP contribution in [-0.4, -0.2) is 44.3 Å². The zero-order chi connectivity index (χ0) is 15.5. The molecule has 0 N–H and O–H groups in total. The minimum absolute atomic E-state index is 0.232. The molecule has 0 amide bonds. The maximum Gasteiger partial charge on any atom is 0.321 e. The van der Waals surface area contributed by atoms with E-state index < -0.39 is 38.0 Å². The van der Waals surface area contributed by atoms with Gasteiger partial charge in [0.05, 0.1) is 12.0 Å². The summed E-state index contributed by atoms with van der Waals surface area (Å²) < 4.78 is 29.8. The van der Waals surface area contributed by atoms with Gasteiger partial charge in [-0.05, 0) is 12.5 Å². The maximum atomic E-state index is 12.3. The number of rotatable bonds is 5. The number of benzene rings is 1. The van der Waals surface area contributed by atoms with E-state index in [1.165, 1.54) is 19.1 Å². The van der Waals surface area contributed by atoms with Crippen LogP contribution in [0.4, 0.5) is 5.69 Å². The van der Waals surface area contributed by atoms with Crippen molar-refractivity contribution in [3.63, 3.8) is 0 Å². The predicted molar refractivity (Wildman–Crippen MR) is 69.7 cm³/mol. The third kappa shape index (κ3) is 3.11. The summed E-state index contributed by atoms with van der Waals surface area (Å²) in [5, 5.41) is 11.0. The van der Waals surface area contributed by atoms with Crippen molar-refractivity contribution in [1.29, 1.82) is 0 Å². The molecular formula is C11H14N2O6S. The number of aryl methyl sites for hydroxylation is 1. The summed E-state index contributed by atoms with van der Waals surface area (Å²) in [4.78, 5) is 20.9. The van der Waals surface area contributed by atoms with Gasteiger partial charge in [0, 0.05) is 13.1 Å². The highest BCUT2D eigenvalue weighted by Gasteiger charge is 2.32. The Hall–Kier alpha value is -2.00. The first-order valence-corrected chi connectivity index (χ1v) is 6.93. The van der Waals surface area contributed by atoms with Crippen LogP contribution in [0.15, 0.2) is 23.1 Å². The summed E-state index contributed by atoms with van der Waals surface area (Å²) >= 11 is 0. The number of hydrogen-bond acceptors (Lipinski definition) is 6. The molecule has 110 valence electrons. The molecule has 1 aromatic rings. The first kappa shape index (κ1) is 16.1. The number of sulfonamides is 1. The van der Waals surface area contributed by atoms with Crippen molar-refractivity contribution >= 4 is 21.7 Å². The average Bonchev–Trinajstić information content (AvgIpc) is 2.37. The van der Waals surface area contributed by atoms with Crippen LogP contribution >= 0.6 is 0 Å². The Labute approximate surface area is 116 Å². The molecule has 0 aromatic heterocycles. The lowest BCUT2D eigenvalue weighted by molar-refractivity contribution is -0.387. The molecule has 0 saturated heterocycles. The average molecular weight is 302 g/mol. The van der Waals surface area contributed by atoms with E-state index in [4.69, 9.17) is 0 Å². The minimum atomic E-state index is -4.16. The normalized spacial score (nSPS) is 11.4. The highest BCUT2D eigenvalue weighted by Crippen LogP contribution is 2.29. The second-order valence-electron chi connectivity index (χ2n) is 4.02. The van der Waals surface area contributed by atoms with Gasteiger partial charge in [0.15, 0.2) is 4.90 Å². The van der Waals surface area contributed by atoms with Crippen LogP contribution in [0.25, 0.3) is 0 Å². The predicted octanol–water partition coefficient (Wildman–Crippen LogP) is 0.697. The van der Waals surface area contributed by atoms with Crippen molar-refractivity contribution < 1.29 is 22.9 Å². The SMILES string of the molecule is COC(=O)CN(C)S(=O)(=O)c1c(C)cccc1[N+](=O)[O-]. The molecule has 0 radical (unpaired) electrons. The molecule has 1 aromatic carbocycles. The van der Waals surface area contributed by atoms with Crippen LogP contribution in [0.3, 0.4) is 0 Å². The smallest absolute Gasteiger partial charge is 0.321 e. The van der Waals surface area contributed by atoms with Crippen molar-refractivity contribution in [2.75, 3.05) is 20.7 Å². The van der Waals surface area contributed by atoms with Crippen molar-refractivity contribution in [3.8, 4) is 0 Å². The first-order chi connectivity index (χ1) is 9.21. The number of carbonyl (C=O) groups is 1. The van der Waals surface area contributed by atoms with Gasteiger partial charge >= 0.3 is 5.97 Å². The molecule has 0 fully saturated rings. The van der Waals surface area contributed by atoms with Crippen LogP contribution in [-0.2, 0) is 19.6 Å². The highest BCUT2D eigenvalue weighted by molar-refractivity contribution is 7.89. The Morgan fingerprint density at radius 3 is 2.55 bits per heavy atom. The lowest BCUT2D eigenvalue weighted by Gasteiger charge is -2.17. The van der Waals surface area contributed by atoms with Gasteiger partial charge in [0.2, 0.25) is 10.0 Å². The molecule has 0 unspecified atom stereocenters. The highest BCUT2D eigenvalue weighted by atomic mass is 32.2. The number of likely N-dealkylation sites (N-methyl/N-ethyl adjacent to an activating group) is 1. The molecule has 8 nitrogen and oxygen atoms in total. The number of hydrogen-bond donors (Lipinski definition) is 0. The Bertz CT molecular complexity index is 640. The summed E-state index contributed by atoms with van der Waals surface area (Å²) in [5.74, 6) is -0.757. The molecule has 0 spiro atoms. The van der Waals surface area contributed by atoms with E-state index in [-0.39, 0.29) is 5.56 Å². The zero-order valence-electron chi connectivity index (χ0n) is 11.2. The molecule has 0 heterocycles. The van der Waals surface area contributed by atoms with Gasteiger partial charge in [0.1, 0.15) is 6.54 Å². The van der Waals surface area contributed by atoms with Crippen molar-refractivity contribution in [2.45, 2.75) is 11.8 Å². The molecule has 0 aliphatic rings. The molecule has 0 bridgehead atoms. The van der Waals surface area contributed by atoms with Crippen molar-refractivity contribution in [2.24, 2.45) is 0 Å². The quantitative estimate of drug-likeness (QED) is 0.450. The molecule has 0 aliphatic carbocycles. The molecular weight excluding hydrogens is 288 g/mol. The number of ether oxygens (including phenoxy) is 1. The summed E-state index contributed by atoms with van der Waals surface area (Å²) in [7, 11) is -1.88. The number of esters is 1. The summed E-state index contributed by atoms with van der Waals surface area (Å²) in [6.45, 7) is 0.927.